The van der Waals surface area contributed by atoms with Gasteiger partial charge in [-0.3, -0.25) is 23.7 Å². The first-order chi connectivity index (χ1) is 21.9. The number of amides is 2. The summed E-state index contributed by atoms with van der Waals surface area (Å²) in [5.41, 5.74) is -0.272. The molecule has 0 heterocycles. The standard InChI is InChI=1S/C35H65N2O9P/c1-11-43-47(42,44-12-2)26-31(38)37(10)25-33(40)45-30(22-20-18-16-14-13-15-17-19-21-27(3)4)28(5)23-29(6)34(41)36-24-32(39)46-35(7,8)9/h23,27-28,30H,11-22,24-26H2,1-10H3,(H,36,41)/b29-23+/t28-,30-/m0/s1. The molecule has 0 aliphatic carbocycles. The van der Waals surface area contributed by atoms with E-state index in [1.165, 1.54) is 45.6 Å². The maximum Gasteiger partial charge on any atom is 0.340 e. The number of hydrogen-bond donors (Lipinski definition) is 1. The number of carbonyl (C=O) groups is 4. The first kappa shape index (κ1) is 44.8. The minimum Gasteiger partial charge on any atom is -0.460 e. The fourth-order valence-electron chi connectivity index (χ4n) is 4.93. The van der Waals surface area contributed by atoms with Crippen molar-refractivity contribution < 1.29 is 42.3 Å². The second-order valence-electron chi connectivity index (χ2n) is 13.7. The van der Waals surface area contributed by atoms with Crippen LogP contribution in [-0.4, -0.2) is 79.9 Å². The van der Waals surface area contributed by atoms with E-state index in [0.717, 1.165) is 30.1 Å². The van der Waals surface area contributed by atoms with Crippen LogP contribution in [-0.2, 0) is 42.3 Å². The molecule has 0 aliphatic heterocycles. The van der Waals surface area contributed by atoms with Crippen molar-refractivity contribution in [2.24, 2.45) is 11.8 Å². The van der Waals surface area contributed by atoms with Gasteiger partial charge >= 0.3 is 19.5 Å². The van der Waals surface area contributed by atoms with Gasteiger partial charge in [0.05, 0.1) is 13.2 Å². The van der Waals surface area contributed by atoms with Crippen molar-refractivity contribution in [2.45, 2.75) is 138 Å². The normalized spacial score (nSPS) is 13.6. The zero-order valence-electron chi connectivity index (χ0n) is 31.0. The summed E-state index contributed by atoms with van der Waals surface area (Å²) in [7, 11) is -2.18. The van der Waals surface area contributed by atoms with E-state index < -0.39 is 49.2 Å². The molecule has 47 heavy (non-hydrogen) atoms. The highest BCUT2D eigenvalue weighted by Gasteiger charge is 2.30. The third-order valence-electron chi connectivity index (χ3n) is 7.35. The van der Waals surface area contributed by atoms with Gasteiger partial charge in [0.2, 0.25) is 11.8 Å². The van der Waals surface area contributed by atoms with E-state index in [1.807, 2.05) is 6.92 Å². The summed E-state index contributed by atoms with van der Waals surface area (Å²) in [6.07, 6.45) is 11.7. The average Bonchev–Trinajstić information content (AvgIpc) is 2.95. The molecule has 0 aromatic heterocycles. The molecular formula is C35H65N2O9P. The van der Waals surface area contributed by atoms with Gasteiger partial charge in [-0.2, -0.15) is 0 Å². The second kappa shape index (κ2) is 24.0. The Morgan fingerprint density at radius 1 is 0.830 bits per heavy atom. The van der Waals surface area contributed by atoms with Crippen molar-refractivity contribution in [1.29, 1.82) is 0 Å². The number of nitrogens with zero attached hydrogens (tertiary/aromatic N) is 1. The van der Waals surface area contributed by atoms with Gasteiger partial charge in [0.15, 0.2) is 0 Å². The Labute approximate surface area is 284 Å². The highest BCUT2D eigenvalue weighted by atomic mass is 31.2. The minimum atomic E-state index is -3.62. The van der Waals surface area contributed by atoms with Gasteiger partial charge in [-0.05, 0) is 60.3 Å². The Kier molecular flexibility index (Phi) is 22.9. The van der Waals surface area contributed by atoms with Gasteiger partial charge in [0, 0.05) is 18.5 Å². The summed E-state index contributed by atoms with van der Waals surface area (Å²) in [4.78, 5) is 51.6. The lowest BCUT2D eigenvalue weighted by Gasteiger charge is -2.25. The molecule has 2 amide bonds. The molecule has 1 N–H and O–H groups in total. The molecule has 12 heteroatoms. The number of esters is 2. The Bertz CT molecular complexity index is 1010. The zero-order valence-corrected chi connectivity index (χ0v) is 31.9. The van der Waals surface area contributed by atoms with Crippen molar-refractivity contribution in [3.63, 3.8) is 0 Å². The van der Waals surface area contributed by atoms with E-state index in [4.69, 9.17) is 18.5 Å². The van der Waals surface area contributed by atoms with Crippen LogP contribution >= 0.6 is 7.60 Å². The lowest BCUT2D eigenvalue weighted by Crippen LogP contribution is -2.37. The number of ether oxygens (including phenoxy) is 2. The predicted molar refractivity (Wildman–Crippen MR) is 186 cm³/mol. The summed E-state index contributed by atoms with van der Waals surface area (Å²) < 4.78 is 34.3. The number of likely N-dealkylation sites (N-methyl/N-ethyl adjacent to an activating group) is 1. The molecule has 0 rings (SSSR count). The third kappa shape index (κ3) is 22.9. The zero-order chi connectivity index (χ0) is 36.0. The van der Waals surface area contributed by atoms with Crippen LogP contribution in [0.2, 0.25) is 0 Å². The first-order valence-corrected chi connectivity index (χ1v) is 19.2. The number of nitrogens with one attached hydrogen (secondary N) is 1. The molecule has 0 saturated heterocycles. The summed E-state index contributed by atoms with van der Waals surface area (Å²) >= 11 is 0. The van der Waals surface area contributed by atoms with Crippen molar-refractivity contribution in [1.82, 2.24) is 10.2 Å². The summed E-state index contributed by atoms with van der Waals surface area (Å²) in [6.45, 7) is 16.3. The van der Waals surface area contributed by atoms with Crippen LogP contribution in [0.25, 0.3) is 0 Å². The van der Waals surface area contributed by atoms with Crippen LogP contribution < -0.4 is 5.32 Å². The Morgan fingerprint density at radius 2 is 1.34 bits per heavy atom. The Morgan fingerprint density at radius 3 is 1.83 bits per heavy atom. The van der Waals surface area contributed by atoms with Gasteiger partial charge in [0.1, 0.15) is 31.0 Å². The van der Waals surface area contributed by atoms with Gasteiger partial charge in [-0.1, -0.05) is 78.2 Å². The topological polar surface area (TPSA) is 138 Å². The number of rotatable bonds is 25. The molecule has 274 valence electrons. The Balaban J connectivity index is 5.30. The van der Waals surface area contributed by atoms with Gasteiger partial charge < -0.3 is 28.7 Å². The minimum absolute atomic E-state index is 0.125. The van der Waals surface area contributed by atoms with Crippen LogP contribution in [0.5, 0.6) is 0 Å². The van der Waals surface area contributed by atoms with Gasteiger partial charge in [-0.15, -0.1) is 0 Å². The van der Waals surface area contributed by atoms with Crippen LogP contribution in [0.3, 0.4) is 0 Å². The van der Waals surface area contributed by atoms with Crippen LogP contribution in [0.4, 0.5) is 0 Å². The number of hydrogen-bond acceptors (Lipinski definition) is 9. The van der Waals surface area contributed by atoms with Crippen LogP contribution in [0.1, 0.15) is 127 Å². The molecule has 0 saturated carbocycles. The maximum atomic E-state index is 13.0. The Hall–Kier alpha value is -2.23. The van der Waals surface area contributed by atoms with Crippen molar-refractivity contribution >= 4 is 31.3 Å². The number of unbranched alkanes of at least 4 members (excludes halogenated alkanes) is 7. The quantitative estimate of drug-likeness (QED) is 0.0456. The summed E-state index contributed by atoms with van der Waals surface area (Å²) in [5.74, 6) is -1.68. The van der Waals surface area contributed by atoms with E-state index >= 15 is 0 Å². The maximum absolute atomic E-state index is 13.0. The predicted octanol–water partition coefficient (Wildman–Crippen LogP) is 7.22. The molecule has 0 unspecified atom stereocenters. The molecule has 0 aromatic carbocycles. The molecule has 0 aromatic rings. The first-order valence-electron chi connectivity index (χ1n) is 17.4. The average molecular weight is 689 g/mol. The lowest BCUT2D eigenvalue weighted by atomic mass is 9.95. The third-order valence-corrected chi connectivity index (χ3v) is 9.31. The molecule has 11 nitrogen and oxygen atoms in total. The second-order valence-corrected chi connectivity index (χ2v) is 15.7. The molecule has 0 aliphatic rings. The van der Waals surface area contributed by atoms with Crippen LogP contribution in [0.15, 0.2) is 11.6 Å². The SMILES string of the molecule is CCOP(=O)(CC(=O)N(C)CC(=O)O[C@@H](CCCCCCCCCCC(C)C)[C@@H](C)/C=C(\C)C(=O)NCC(=O)OC(C)(C)C)OCC. The highest BCUT2D eigenvalue weighted by Crippen LogP contribution is 2.47. The van der Waals surface area contributed by atoms with Gasteiger partial charge in [-0.25, -0.2) is 0 Å². The van der Waals surface area contributed by atoms with Crippen LogP contribution in [0, 0.1) is 11.8 Å². The molecule has 2 atom stereocenters. The molecule has 0 radical (unpaired) electrons. The van der Waals surface area contributed by atoms with E-state index in [1.54, 1.807) is 47.6 Å². The highest BCUT2D eigenvalue weighted by molar-refractivity contribution is 7.54. The molecule has 0 bridgehead atoms. The molecule has 0 fully saturated rings. The van der Waals surface area contributed by atoms with Gasteiger partial charge in [0.25, 0.3) is 0 Å². The fraction of sp³-hybridized carbons (Fsp3) is 0.829. The largest absolute Gasteiger partial charge is 0.460 e. The number of carbonyl (C=O) groups excluding carboxylic acids is 4. The van der Waals surface area contributed by atoms with Crippen molar-refractivity contribution in [3.05, 3.63) is 11.6 Å². The van der Waals surface area contributed by atoms with Crippen molar-refractivity contribution in [2.75, 3.05) is 39.5 Å². The molecular weight excluding hydrogens is 623 g/mol. The molecule has 0 spiro atoms. The van der Waals surface area contributed by atoms with Crippen molar-refractivity contribution in [3.8, 4) is 0 Å². The van der Waals surface area contributed by atoms with E-state index in [-0.39, 0.29) is 32.2 Å². The summed E-state index contributed by atoms with van der Waals surface area (Å²) in [6, 6.07) is 0. The van der Waals surface area contributed by atoms with E-state index in [9.17, 15) is 23.7 Å². The van der Waals surface area contributed by atoms with E-state index in [0.29, 0.717) is 12.0 Å². The summed E-state index contributed by atoms with van der Waals surface area (Å²) in [5, 5.41) is 2.58. The van der Waals surface area contributed by atoms with E-state index in [2.05, 4.69) is 19.2 Å². The monoisotopic (exact) mass is 688 g/mol. The fourth-order valence-corrected chi connectivity index (χ4v) is 6.55. The smallest absolute Gasteiger partial charge is 0.340 e. The lowest BCUT2D eigenvalue weighted by molar-refractivity contribution is -0.155.